The molecule has 1 aromatic rings. The SMILES string of the molecule is C#Cc1cc(Cl)cc(/C=C/C(OCC)OCC)c1. The van der Waals surface area contributed by atoms with Crippen LogP contribution in [0.4, 0.5) is 0 Å². The lowest BCUT2D eigenvalue weighted by molar-refractivity contribution is -0.103. The summed E-state index contributed by atoms with van der Waals surface area (Å²) in [4.78, 5) is 0. The quantitative estimate of drug-likeness (QED) is 0.576. The van der Waals surface area contributed by atoms with Gasteiger partial charge in [0.15, 0.2) is 6.29 Å². The molecule has 0 radical (unpaired) electrons. The van der Waals surface area contributed by atoms with Crippen LogP contribution < -0.4 is 0 Å². The molecular weight excluding hydrogens is 248 g/mol. The van der Waals surface area contributed by atoms with Gasteiger partial charge in [-0.15, -0.1) is 6.42 Å². The zero-order valence-electron chi connectivity index (χ0n) is 10.7. The summed E-state index contributed by atoms with van der Waals surface area (Å²) in [5.41, 5.74) is 1.69. The fraction of sp³-hybridized carbons (Fsp3) is 0.333. The van der Waals surface area contributed by atoms with Gasteiger partial charge >= 0.3 is 0 Å². The van der Waals surface area contributed by atoms with Crippen LogP contribution in [0.15, 0.2) is 24.3 Å². The summed E-state index contributed by atoms with van der Waals surface area (Å²) in [6, 6.07) is 5.48. The second-order valence-electron chi connectivity index (χ2n) is 3.56. The maximum Gasteiger partial charge on any atom is 0.177 e. The first-order valence-electron chi connectivity index (χ1n) is 5.88. The Morgan fingerprint density at radius 1 is 1.28 bits per heavy atom. The largest absolute Gasteiger partial charge is 0.349 e. The lowest BCUT2D eigenvalue weighted by Gasteiger charge is -2.12. The number of rotatable bonds is 6. The van der Waals surface area contributed by atoms with Crippen molar-refractivity contribution in [3.05, 3.63) is 40.4 Å². The van der Waals surface area contributed by atoms with Crippen LogP contribution in [0.2, 0.25) is 5.02 Å². The van der Waals surface area contributed by atoms with Gasteiger partial charge in [-0.3, -0.25) is 0 Å². The second-order valence-corrected chi connectivity index (χ2v) is 3.99. The minimum Gasteiger partial charge on any atom is -0.349 e. The molecule has 0 saturated heterocycles. The van der Waals surface area contributed by atoms with Crippen molar-refractivity contribution >= 4 is 17.7 Å². The predicted octanol–water partition coefficient (Wildman–Crippen LogP) is 3.73. The maximum atomic E-state index is 5.97. The zero-order chi connectivity index (χ0) is 13.4. The Kier molecular flexibility index (Phi) is 6.53. The maximum absolute atomic E-state index is 5.97. The van der Waals surface area contributed by atoms with Gasteiger partial charge in [0.25, 0.3) is 0 Å². The summed E-state index contributed by atoms with van der Waals surface area (Å²) < 4.78 is 10.8. The molecule has 1 aromatic carbocycles. The summed E-state index contributed by atoms with van der Waals surface area (Å²) >= 11 is 5.97. The molecule has 0 saturated carbocycles. The van der Waals surface area contributed by atoms with Gasteiger partial charge in [0, 0.05) is 23.8 Å². The van der Waals surface area contributed by atoms with E-state index in [4.69, 9.17) is 27.5 Å². The van der Waals surface area contributed by atoms with Crippen LogP contribution in [0.5, 0.6) is 0 Å². The topological polar surface area (TPSA) is 18.5 Å². The molecule has 96 valence electrons. The van der Waals surface area contributed by atoms with E-state index in [2.05, 4.69) is 5.92 Å². The molecule has 0 unspecified atom stereocenters. The Morgan fingerprint density at radius 2 is 1.94 bits per heavy atom. The Balaban J connectivity index is 2.81. The summed E-state index contributed by atoms with van der Waals surface area (Å²) in [6.07, 6.45) is 8.76. The highest BCUT2D eigenvalue weighted by Gasteiger charge is 2.02. The monoisotopic (exact) mass is 264 g/mol. The zero-order valence-corrected chi connectivity index (χ0v) is 11.4. The smallest absolute Gasteiger partial charge is 0.177 e. The van der Waals surface area contributed by atoms with Gasteiger partial charge in [0.05, 0.1) is 0 Å². The summed E-state index contributed by atoms with van der Waals surface area (Å²) in [7, 11) is 0. The summed E-state index contributed by atoms with van der Waals surface area (Å²) in [5.74, 6) is 2.57. The predicted molar refractivity (Wildman–Crippen MR) is 75.5 cm³/mol. The van der Waals surface area contributed by atoms with Crippen molar-refractivity contribution in [2.75, 3.05) is 13.2 Å². The van der Waals surface area contributed by atoms with Crippen molar-refractivity contribution in [1.82, 2.24) is 0 Å². The standard InChI is InChI=1S/C15H17ClO2/c1-4-12-9-13(11-14(16)10-12)7-8-15(17-5-2)18-6-3/h1,7-11,15H,5-6H2,2-3H3/b8-7+. The molecule has 0 fully saturated rings. The highest BCUT2D eigenvalue weighted by molar-refractivity contribution is 6.30. The number of terminal acetylenes is 1. The number of ether oxygens (including phenoxy) is 2. The molecule has 0 bridgehead atoms. The fourth-order valence-electron chi connectivity index (χ4n) is 1.47. The van der Waals surface area contributed by atoms with Crippen molar-refractivity contribution in [3.63, 3.8) is 0 Å². The molecule has 0 atom stereocenters. The number of hydrogen-bond acceptors (Lipinski definition) is 2. The van der Waals surface area contributed by atoms with E-state index in [0.29, 0.717) is 18.2 Å². The normalized spacial score (nSPS) is 11.1. The summed E-state index contributed by atoms with van der Waals surface area (Å²) in [5, 5.41) is 0.620. The van der Waals surface area contributed by atoms with Crippen LogP contribution >= 0.6 is 11.6 Å². The molecule has 18 heavy (non-hydrogen) atoms. The third-order valence-electron chi connectivity index (χ3n) is 2.19. The van der Waals surface area contributed by atoms with Crippen molar-refractivity contribution in [2.24, 2.45) is 0 Å². The molecule has 0 aliphatic rings. The Labute approximate surface area is 114 Å². The van der Waals surface area contributed by atoms with Crippen LogP contribution in [-0.4, -0.2) is 19.5 Å². The third kappa shape index (κ3) is 4.93. The number of hydrogen-bond donors (Lipinski definition) is 0. The summed E-state index contributed by atoms with van der Waals surface area (Å²) in [6.45, 7) is 5.05. The first-order valence-corrected chi connectivity index (χ1v) is 6.26. The van der Waals surface area contributed by atoms with Gasteiger partial charge < -0.3 is 9.47 Å². The Bertz CT molecular complexity index is 440. The fourth-order valence-corrected chi connectivity index (χ4v) is 1.71. The lowest BCUT2D eigenvalue weighted by Crippen LogP contribution is -2.13. The van der Waals surface area contributed by atoms with Crippen molar-refractivity contribution in [1.29, 1.82) is 0 Å². The van der Waals surface area contributed by atoms with Gasteiger partial charge in [-0.1, -0.05) is 23.6 Å². The van der Waals surface area contributed by atoms with E-state index in [1.807, 2.05) is 38.1 Å². The molecule has 3 heteroatoms. The van der Waals surface area contributed by atoms with Gasteiger partial charge in [-0.2, -0.15) is 0 Å². The van der Waals surface area contributed by atoms with Crippen molar-refractivity contribution in [3.8, 4) is 12.3 Å². The number of benzene rings is 1. The Hall–Kier alpha value is -1.27. The molecule has 1 rings (SSSR count). The van der Waals surface area contributed by atoms with E-state index in [1.54, 1.807) is 6.07 Å². The van der Waals surface area contributed by atoms with Crippen LogP contribution in [0.25, 0.3) is 6.08 Å². The highest BCUT2D eigenvalue weighted by Crippen LogP contribution is 2.16. The Morgan fingerprint density at radius 3 is 2.50 bits per heavy atom. The van der Waals surface area contributed by atoms with E-state index in [9.17, 15) is 0 Å². The van der Waals surface area contributed by atoms with Crippen molar-refractivity contribution < 1.29 is 9.47 Å². The van der Waals surface area contributed by atoms with Crippen LogP contribution in [0, 0.1) is 12.3 Å². The van der Waals surface area contributed by atoms with Gasteiger partial charge in [-0.25, -0.2) is 0 Å². The van der Waals surface area contributed by atoms with Gasteiger partial charge in [-0.05, 0) is 43.7 Å². The lowest BCUT2D eigenvalue weighted by atomic mass is 10.1. The first kappa shape index (κ1) is 14.8. The molecule has 0 aliphatic heterocycles. The minimum absolute atomic E-state index is 0.340. The molecule has 0 aromatic heterocycles. The van der Waals surface area contributed by atoms with Crippen LogP contribution in [0.3, 0.4) is 0 Å². The second kappa shape index (κ2) is 7.94. The van der Waals surface area contributed by atoms with E-state index in [-0.39, 0.29) is 6.29 Å². The van der Waals surface area contributed by atoms with E-state index < -0.39 is 0 Å². The molecule has 0 aliphatic carbocycles. The molecular formula is C15H17ClO2. The first-order chi connectivity index (χ1) is 8.69. The molecule has 0 spiro atoms. The average Bonchev–Trinajstić information content (AvgIpc) is 2.36. The van der Waals surface area contributed by atoms with E-state index >= 15 is 0 Å². The number of halogens is 1. The van der Waals surface area contributed by atoms with Gasteiger partial charge in [0.1, 0.15) is 0 Å². The van der Waals surface area contributed by atoms with E-state index in [0.717, 1.165) is 11.1 Å². The minimum atomic E-state index is -0.340. The molecule has 0 amide bonds. The molecule has 2 nitrogen and oxygen atoms in total. The van der Waals surface area contributed by atoms with E-state index in [1.165, 1.54) is 0 Å². The van der Waals surface area contributed by atoms with Crippen LogP contribution in [0.1, 0.15) is 25.0 Å². The van der Waals surface area contributed by atoms with Crippen molar-refractivity contribution in [2.45, 2.75) is 20.1 Å². The average molecular weight is 265 g/mol. The molecule has 0 heterocycles. The highest BCUT2D eigenvalue weighted by atomic mass is 35.5. The molecule has 0 N–H and O–H groups in total. The van der Waals surface area contributed by atoms with Crippen LogP contribution in [-0.2, 0) is 9.47 Å². The third-order valence-corrected chi connectivity index (χ3v) is 2.41. The van der Waals surface area contributed by atoms with Gasteiger partial charge in [0.2, 0.25) is 0 Å².